The Hall–Kier alpha value is -1.36. The van der Waals surface area contributed by atoms with Gasteiger partial charge in [0, 0.05) is 0 Å². The predicted molar refractivity (Wildman–Crippen MR) is 66.0 cm³/mol. The van der Waals surface area contributed by atoms with Gasteiger partial charge in [-0.3, -0.25) is 0 Å². The van der Waals surface area contributed by atoms with E-state index in [0.717, 1.165) is 0 Å². The van der Waals surface area contributed by atoms with Gasteiger partial charge in [0.2, 0.25) is 0 Å². The van der Waals surface area contributed by atoms with Gasteiger partial charge in [-0.25, -0.2) is 4.79 Å². The molecule has 16 heavy (non-hydrogen) atoms. The largest absolute Gasteiger partial charge is 0.495 e. The second-order valence-electron chi connectivity index (χ2n) is 3.00. The maximum absolute atomic E-state index is 11.3. The molecule has 1 unspecified atom stereocenters. The van der Waals surface area contributed by atoms with E-state index in [9.17, 15) is 4.79 Å². The van der Waals surface area contributed by atoms with Gasteiger partial charge in [-0.05, 0) is 19.1 Å². The number of benzene rings is 1. The van der Waals surface area contributed by atoms with E-state index in [4.69, 9.17) is 9.47 Å². The van der Waals surface area contributed by atoms with Crippen molar-refractivity contribution in [2.24, 2.45) is 0 Å². The number of carbonyl (C=O) groups is 1. The Morgan fingerprint density at radius 3 is 2.81 bits per heavy atom. The fourth-order valence-corrected chi connectivity index (χ4v) is 1.40. The summed E-state index contributed by atoms with van der Waals surface area (Å²) in [5.41, 5.74) is 0.707. The Morgan fingerprint density at radius 2 is 2.19 bits per heavy atom. The number of esters is 1. The molecule has 4 nitrogen and oxygen atoms in total. The van der Waals surface area contributed by atoms with E-state index < -0.39 is 11.3 Å². The van der Waals surface area contributed by atoms with Gasteiger partial charge >= 0.3 is 5.97 Å². The third-order valence-corrected chi connectivity index (χ3v) is 2.25. The van der Waals surface area contributed by atoms with Crippen molar-refractivity contribution in [2.45, 2.75) is 12.3 Å². The molecule has 0 spiro atoms. The molecule has 0 aliphatic rings. The first kappa shape index (κ1) is 12.7. The van der Waals surface area contributed by atoms with Gasteiger partial charge in [-0.2, -0.15) is 0 Å². The van der Waals surface area contributed by atoms with E-state index in [2.05, 4.69) is 17.9 Å². The quantitative estimate of drug-likeness (QED) is 0.470. The van der Waals surface area contributed by atoms with Gasteiger partial charge in [-0.1, -0.05) is 12.1 Å². The van der Waals surface area contributed by atoms with Crippen LogP contribution in [0.5, 0.6) is 5.75 Å². The number of para-hydroxylation sites is 2. The third kappa shape index (κ3) is 3.34. The summed E-state index contributed by atoms with van der Waals surface area (Å²) < 4.78 is 9.97. The molecule has 0 amide bonds. The van der Waals surface area contributed by atoms with Crippen LogP contribution >= 0.6 is 12.6 Å². The number of rotatable bonds is 5. The number of nitrogens with one attached hydrogen (secondary N) is 1. The first-order valence-electron chi connectivity index (χ1n) is 4.93. The monoisotopic (exact) mass is 241 g/mol. The van der Waals surface area contributed by atoms with E-state index in [1.165, 1.54) is 0 Å². The topological polar surface area (TPSA) is 47.6 Å². The average molecular weight is 241 g/mol. The van der Waals surface area contributed by atoms with Crippen LogP contribution in [0.1, 0.15) is 6.92 Å². The van der Waals surface area contributed by atoms with Crippen molar-refractivity contribution in [3.05, 3.63) is 24.3 Å². The highest BCUT2D eigenvalue weighted by atomic mass is 32.1. The summed E-state index contributed by atoms with van der Waals surface area (Å²) in [7, 11) is 1.57. The number of hydrogen-bond acceptors (Lipinski definition) is 5. The fourth-order valence-electron chi connectivity index (χ4n) is 1.19. The van der Waals surface area contributed by atoms with Crippen molar-refractivity contribution in [1.82, 2.24) is 0 Å². The summed E-state index contributed by atoms with van der Waals surface area (Å²) in [6.45, 7) is 2.09. The van der Waals surface area contributed by atoms with Crippen molar-refractivity contribution < 1.29 is 14.3 Å². The van der Waals surface area contributed by atoms with Crippen LogP contribution in [-0.2, 0) is 9.53 Å². The van der Waals surface area contributed by atoms with Crippen molar-refractivity contribution in [3.63, 3.8) is 0 Å². The molecule has 1 rings (SSSR count). The SMILES string of the molecule is CCOC(=O)C(S)Nc1ccccc1OC. The second-order valence-corrected chi connectivity index (χ2v) is 3.52. The van der Waals surface area contributed by atoms with E-state index in [1.807, 2.05) is 12.1 Å². The predicted octanol–water partition coefficient (Wildman–Crippen LogP) is 1.93. The number of carbonyl (C=O) groups excluding carboxylic acids is 1. The van der Waals surface area contributed by atoms with Gasteiger partial charge in [-0.15, -0.1) is 12.6 Å². The number of thiol groups is 1. The molecule has 88 valence electrons. The van der Waals surface area contributed by atoms with Crippen molar-refractivity contribution in [2.75, 3.05) is 19.0 Å². The fraction of sp³-hybridized carbons (Fsp3) is 0.364. The van der Waals surface area contributed by atoms with E-state index in [1.54, 1.807) is 26.2 Å². The van der Waals surface area contributed by atoms with Crippen molar-refractivity contribution in [3.8, 4) is 5.75 Å². The molecule has 0 aliphatic heterocycles. The zero-order chi connectivity index (χ0) is 12.0. The number of ether oxygens (including phenoxy) is 2. The molecule has 0 saturated heterocycles. The maximum atomic E-state index is 11.3. The van der Waals surface area contributed by atoms with E-state index in [-0.39, 0.29) is 0 Å². The Bertz CT molecular complexity index is 357. The van der Waals surface area contributed by atoms with Gasteiger partial charge < -0.3 is 14.8 Å². The molecule has 0 aromatic heterocycles. The third-order valence-electron chi connectivity index (χ3n) is 1.91. The molecule has 0 saturated carbocycles. The first-order chi connectivity index (χ1) is 7.69. The number of methoxy groups -OCH3 is 1. The Labute approximate surface area is 100 Å². The molecular weight excluding hydrogens is 226 g/mol. The van der Waals surface area contributed by atoms with Crippen LogP contribution in [0.4, 0.5) is 5.69 Å². The molecule has 0 heterocycles. The van der Waals surface area contributed by atoms with Crippen LogP contribution in [0.15, 0.2) is 24.3 Å². The summed E-state index contributed by atoms with van der Waals surface area (Å²) >= 11 is 4.12. The molecule has 1 aromatic rings. The average Bonchev–Trinajstić information content (AvgIpc) is 2.30. The van der Waals surface area contributed by atoms with Crippen LogP contribution in [0, 0.1) is 0 Å². The van der Waals surface area contributed by atoms with Gasteiger partial charge in [0.15, 0.2) is 5.37 Å². The zero-order valence-electron chi connectivity index (χ0n) is 9.27. The molecule has 1 atom stereocenters. The number of anilines is 1. The lowest BCUT2D eigenvalue weighted by Gasteiger charge is -2.15. The molecular formula is C11H15NO3S. The van der Waals surface area contributed by atoms with Crippen LogP contribution < -0.4 is 10.1 Å². The highest BCUT2D eigenvalue weighted by Gasteiger charge is 2.15. The molecule has 0 aliphatic carbocycles. The Morgan fingerprint density at radius 1 is 1.50 bits per heavy atom. The molecule has 0 radical (unpaired) electrons. The minimum atomic E-state index is -0.698. The minimum absolute atomic E-state index is 0.337. The summed E-state index contributed by atoms with van der Waals surface area (Å²) in [5, 5.41) is 2.21. The van der Waals surface area contributed by atoms with Gasteiger partial charge in [0.05, 0.1) is 19.4 Å². The van der Waals surface area contributed by atoms with E-state index >= 15 is 0 Å². The van der Waals surface area contributed by atoms with Crippen molar-refractivity contribution >= 4 is 24.3 Å². The maximum Gasteiger partial charge on any atom is 0.338 e. The first-order valence-corrected chi connectivity index (χ1v) is 5.45. The zero-order valence-corrected chi connectivity index (χ0v) is 10.2. The Kier molecular flexibility index (Phi) is 4.98. The summed E-state index contributed by atoms with van der Waals surface area (Å²) in [6, 6.07) is 7.30. The minimum Gasteiger partial charge on any atom is -0.495 e. The van der Waals surface area contributed by atoms with Crippen LogP contribution in [0.3, 0.4) is 0 Å². The number of hydrogen-bond donors (Lipinski definition) is 2. The normalized spacial score (nSPS) is 11.7. The Balaban J connectivity index is 2.68. The van der Waals surface area contributed by atoms with Crippen LogP contribution in [-0.4, -0.2) is 25.1 Å². The second kappa shape index (κ2) is 6.27. The molecule has 1 aromatic carbocycles. The lowest BCUT2D eigenvalue weighted by atomic mass is 10.3. The molecule has 5 heteroatoms. The summed E-state index contributed by atoms with van der Waals surface area (Å²) in [5.74, 6) is 0.252. The highest BCUT2D eigenvalue weighted by Crippen LogP contribution is 2.24. The summed E-state index contributed by atoms with van der Waals surface area (Å²) in [4.78, 5) is 11.3. The standard InChI is InChI=1S/C11H15NO3S/c1-3-15-11(13)10(16)12-8-6-4-5-7-9(8)14-2/h4-7,10,12,16H,3H2,1-2H3. The summed E-state index contributed by atoms with van der Waals surface area (Å²) in [6.07, 6.45) is 0. The lowest BCUT2D eigenvalue weighted by molar-refractivity contribution is -0.141. The highest BCUT2D eigenvalue weighted by molar-refractivity contribution is 7.81. The van der Waals surface area contributed by atoms with Crippen molar-refractivity contribution in [1.29, 1.82) is 0 Å². The molecule has 0 fully saturated rings. The molecule has 1 N–H and O–H groups in total. The van der Waals surface area contributed by atoms with E-state index in [0.29, 0.717) is 18.0 Å². The lowest BCUT2D eigenvalue weighted by Crippen LogP contribution is -2.26. The molecule has 0 bridgehead atoms. The van der Waals surface area contributed by atoms with Crippen LogP contribution in [0.25, 0.3) is 0 Å². The van der Waals surface area contributed by atoms with Gasteiger partial charge in [0.1, 0.15) is 5.75 Å². The van der Waals surface area contributed by atoms with Gasteiger partial charge in [0.25, 0.3) is 0 Å². The smallest absolute Gasteiger partial charge is 0.338 e. The van der Waals surface area contributed by atoms with Crippen LogP contribution in [0.2, 0.25) is 0 Å².